The van der Waals surface area contributed by atoms with Crippen LogP contribution in [-0.4, -0.2) is 70.1 Å². The van der Waals surface area contributed by atoms with Gasteiger partial charge in [0.05, 0.1) is 12.1 Å². The SMILES string of the molecule is CCC(C)C(NC(=O)C(NC(=O)C(N)CC(C)C)C(C)O)C(=O)NC(CCC(N)=O)C(=O)O. The smallest absolute Gasteiger partial charge is 0.326 e. The van der Waals surface area contributed by atoms with Crippen LogP contribution in [0.15, 0.2) is 0 Å². The number of hydrogen-bond acceptors (Lipinski definition) is 7. The summed E-state index contributed by atoms with van der Waals surface area (Å²) in [5.74, 6) is -4.55. The molecule has 9 N–H and O–H groups in total. The quantitative estimate of drug-likeness (QED) is 0.150. The third-order valence-corrected chi connectivity index (χ3v) is 5.21. The topological polar surface area (TPSA) is 214 Å². The van der Waals surface area contributed by atoms with E-state index in [0.29, 0.717) is 12.8 Å². The number of nitrogens with two attached hydrogens (primary N) is 2. The molecule has 0 heterocycles. The molecule has 6 unspecified atom stereocenters. The lowest BCUT2D eigenvalue weighted by molar-refractivity contribution is -0.143. The molecule has 0 aliphatic carbocycles. The number of aliphatic carboxylic acids is 1. The van der Waals surface area contributed by atoms with E-state index in [1.807, 2.05) is 13.8 Å². The van der Waals surface area contributed by atoms with Crippen molar-refractivity contribution in [3.05, 3.63) is 0 Å². The highest BCUT2D eigenvalue weighted by Crippen LogP contribution is 2.11. The van der Waals surface area contributed by atoms with Crippen LogP contribution in [0.25, 0.3) is 0 Å². The van der Waals surface area contributed by atoms with Gasteiger partial charge in [0.15, 0.2) is 0 Å². The normalized spacial score (nSPS) is 16.6. The number of carbonyl (C=O) groups is 5. The van der Waals surface area contributed by atoms with E-state index in [-0.39, 0.29) is 18.8 Å². The second kappa shape index (κ2) is 14.4. The van der Waals surface area contributed by atoms with Gasteiger partial charge in [-0.1, -0.05) is 34.1 Å². The van der Waals surface area contributed by atoms with Gasteiger partial charge in [-0.15, -0.1) is 0 Å². The van der Waals surface area contributed by atoms with Crippen LogP contribution in [-0.2, 0) is 24.0 Å². The van der Waals surface area contributed by atoms with E-state index in [4.69, 9.17) is 11.5 Å². The van der Waals surface area contributed by atoms with Gasteiger partial charge in [-0.3, -0.25) is 19.2 Å². The van der Waals surface area contributed by atoms with E-state index >= 15 is 0 Å². The first-order valence-corrected chi connectivity index (χ1v) is 11.1. The zero-order valence-corrected chi connectivity index (χ0v) is 20.0. The molecular weight excluding hydrogens is 434 g/mol. The van der Waals surface area contributed by atoms with Gasteiger partial charge < -0.3 is 37.6 Å². The van der Waals surface area contributed by atoms with Crippen molar-refractivity contribution in [2.24, 2.45) is 23.3 Å². The van der Waals surface area contributed by atoms with Gasteiger partial charge in [-0.2, -0.15) is 0 Å². The van der Waals surface area contributed by atoms with Gasteiger partial charge in [0.25, 0.3) is 0 Å². The molecule has 0 fully saturated rings. The molecule has 0 aromatic heterocycles. The number of amides is 4. The van der Waals surface area contributed by atoms with Crippen LogP contribution in [0.3, 0.4) is 0 Å². The van der Waals surface area contributed by atoms with E-state index < -0.39 is 65.8 Å². The first-order chi connectivity index (χ1) is 15.2. The Morgan fingerprint density at radius 3 is 1.82 bits per heavy atom. The summed E-state index contributed by atoms with van der Waals surface area (Å²) < 4.78 is 0. The average molecular weight is 474 g/mol. The fourth-order valence-electron chi connectivity index (χ4n) is 3.03. The van der Waals surface area contributed by atoms with Gasteiger partial charge in [0, 0.05) is 6.42 Å². The number of carboxylic acids is 1. The van der Waals surface area contributed by atoms with E-state index in [1.165, 1.54) is 6.92 Å². The summed E-state index contributed by atoms with van der Waals surface area (Å²) in [4.78, 5) is 60.4. The highest BCUT2D eigenvalue weighted by atomic mass is 16.4. The number of rotatable bonds is 15. The van der Waals surface area contributed by atoms with Crippen molar-refractivity contribution in [1.82, 2.24) is 16.0 Å². The summed E-state index contributed by atoms with van der Waals surface area (Å²) in [6, 6.07) is -4.79. The lowest BCUT2D eigenvalue weighted by Gasteiger charge is -2.29. The van der Waals surface area contributed by atoms with Crippen molar-refractivity contribution in [3.63, 3.8) is 0 Å². The number of carboxylic acid groups (broad SMARTS) is 1. The predicted octanol–water partition coefficient (Wildman–Crippen LogP) is -1.41. The molecule has 0 aliphatic rings. The molecule has 0 bridgehead atoms. The van der Waals surface area contributed by atoms with Crippen LogP contribution in [0.2, 0.25) is 0 Å². The second-order valence-corrected chi connectivity index (χ2v) is 8.74. The number of aliphatic hydroxyl groups excluding tert-OH is 1. The first-order valence-electron chi connectivity index (χ1n) is 11.1. The summed E-state index contributed by atoms with van der Waals surface area (Å²) in [5.41, 5.74) is 10.9. The number of hydrogen-bond donors (Lipinski definition) is 7. The molecule has 0 spiro atoms. The van der Waals surface area contributed by atoms with Gasteiger partial charge in [0.1, 0.15) is 18.1 Å². The third kappa shape index (κ3) is 11.1. The van der Waals surface area contributed by atoms with E-state index in [2.05, 4.69) is 16.0 Å². The number of carbonyl (C=O) groups excluding carboxylic acids is 4. The molecule has 0 radical (unpaired) electrons. The molecule has 4 amide bonds. The summed E-state index contributed by atoms with van der Waals surface area (Å²) >= 11 is 0. The minimum Gasteiger partial charge on any atom is -0.480 e. The number of nitrogens with one attached hydrogen (secondary N) is 3. The zero-order chi connectivity index (χ0) is 25.9. The molecular formula is C21H39N5O7. The second-order valence-electron chi connectivity index (χ2n) is 8.74. The van der Waals surface area contributed by atoms with Gasteiger partial charge >= 0.3 is 5.97 Å². The predicted molar refractivity (Wildman–Crippen MR) is 120 cm³/mol. The Morgan fingerprint density at radius 1 is 0.879 bits per heavy atom. The van der Waals surface area contributed by atoms with Crippen molar-refractivity contribution in [2.45, 2.75) is 90.6 Å². The Hall–Kier alpha value is -2.73. The summed E-state index contributed by atoms with van der Waals surface area (Å²) in [6.45, 7) is 8.53. The summed E-state index contributed by atoms with van der Waals surface area (Å²) in [7, 11) is 0. The molecule has 33 heavy (non-hydrogen) atoms. The minimum atomic E-state index is -1.38. The molecule has 6 atom stereocenters. The van der Waals surface area contributed by atoms with Crippen LogP contribution in [0.5, 0.6) is 0 Å². The molecule has 190 valence electrons. The van der Waals surface area contributed by atoms with E-state index in [1.54, 1.807) is 13.8 Å². The van der Waals surface area contributed by atoms with Crippen molar-refractivity contribution in [3.8, 4) is 0 Å². The maximum absolute atomic E-state index is 12.9. The van der Waals surface area contributed by atoms with Crippen molar-refractivity contribution in [2.75, 3.05) is 0 Å². The van der Waals surface area contributed by atoms with Crippen molar-refractivity contribution >= 4 is 29.6 Å². The minimum absolute atomic E-state index is 0.139. The van der Waals surface area contributed by atoms with Crippen LogP contribution < -0.4 is 27.4 Å². The van der Waals surface area contributed by atoms with Gasteiger partial charge in [-0.05, 0) is 31.6 Å². The molecule has 12 nitrogen and oxygen atoms in total. The number of primary amides is 1. The van der Waals surface area contributed by atoms with Crippen LogP contribution in [0, 0.1) is 11.8 Å². The molecule has 0 saturated heterocycles. The maximum Gasteiger partial charge on any atom is 0.326 e. The van der Waals surface area contributed by atoms with Crippen LogP contribution in [0.4, 0.5) is 0 Å². The molecule has 0 aromatic rings. The summed E-state index contributed by atoms with van der Waals surface area (Å²) in [6.07, 6.45) is -0.910. The third-order valence-electron chi connectivity index (χ3n) is 5.21. The lowest BCUT2D eigenvalue weighted by atomic mass is 9.96. The molecule has 12 heteroatoms. The fraction of sp³-hybridized carbons (Fsp3) is 0.762. The lowest BCUT2D eigenvalue weighted by Crippen LogP contribution is -2.61. The summed E-state index contributed by atoms with van der Waals surface area (Å²) in [5, 5.41) is 26.6. The average Bonchev–Trinajstić information content (AvgIpc) is 2.70. The largest absolute Gasteiger partial charge is 0.480 e. The molecule has 0 aliphatic heterocycles. The Bertz CT molecular complexity index is 698. The first kappa shape index (κ1) is 30.3. The highest BCUT2D eigenvalue weighted by molar-refractivity contribution is 5.94. The van der Waals surface area contributed by atoms with E-state index in [9.17, 15) is 34.2 Å². The van der Waals surface area contributed by atoms with Gasteiger partial charge in [-0.25, -0.2) is 4.79 Å². The highest BCUT2D eigenvalue weighted by Gasteiger charge is 2.34. The Balaban J connectivity index is 5.48. The zero-order valence-electron chi connectivity index (χ0n) is 20.0. The van der Waals surface area contributed by atoms with Crippen molar-refractivity contribution in [1.29, 1.82) is 0 Å². The van der Waals surface area contributed by atoms with Crippen LogP contribution in [0.1, 0.15) is 60.3 Å². The van der Waals surface area contributed by atoms with Crippen molar-refractivity contribution < 1.29 is 34.2 Å². The van der Waals surface area contributed by atoms with E-state index in [0.717, 1.165) is 0 Å². The van der Waals surface area contributed by atoms with Crippen LogP contribution >= 0.6 is 0 Å². The Labute approximate surface area is 194 Å². The molecule has 0 rings (SSSR count). The fourth-order valence-corrected chi connectivity index (χ4v) is 3.03. The molecule has 0 saturated carbocycles. The Morgan fingerprint density at radius 2 is 1.39 bits per heavy atom. The number of aliphatic hydroxyl groups is 1. The standard InChI is InChI=1S/C21H39N5O7/c1-6-11(4)16(19(30)24-14(21(32)33)7-8-15(23)28)25-20(31)17(12(5)27)26-18(29)13(22)9-10(2)3/h10-14,16-17,27H,6-9,22H2,1-5H3,(H2,23,28)(H,24,30)(H,25,31)(H,26,29)(H,32,33). The monoisotopic (exact) mass is 473 g/mol. The molecule has 0 aromatic carbocycles. The maximum atomic E-state index is 12.9. The Kier molecular flexibility index (Phi) is 13.2. The van der Waals surface area contributed by atoms with Gasteiger partial charge in [0.2, 0.25) is 23.6 Å².